The number of alkyl halides is 2. The summed E-state index contributed by atoms with van der Waals surface area (Å²) in [6.07, 6.45) is -2.42. The van der Waals surface area contributed by atoms with Gasteiger partial charge in [0.25, 0.3) is 6.43 Å². The quantitative estimate of drug-likeness (QED) is 0.899. The van der Waals surface area contributed by atoms with E-state index in [9.17, 15) is 13.9 Å². The maximum Gasteiger partial charge on any atom is 0.258 e. The Labute approximate surface area is 123 Å². The summed E-state index contributed by atoms with van der Waals surface area (Å²) in [6.45, 7) is 2.72. The highest BCUT2D eigenvalue weighted by Crippen LogP contribution is 2.28. The maximum atomic E-state index is 13.1. The van der Waals surface area contributed by atoms with Gasteiger partial charge in [-0.3, -0.25) is 4.90 Å². The molecule has 1 saturated heterocycles. The number of phenolic OH excluding ortho intramolecular Hbond substituents is 1. The summed E-state index contributed by atoms with van der Waals surface area (Å²) in [5.74, 6) is 0.0991. The molecule has 0 radical (unpaired) electrons. The SMILES string of the molecule is Cl.Cl.Oc1ccc([C@@H](C(F)F)N2CCNCC2)cc1. The molecule has 0 saturated carbocycles. The molecule has 110 valence electrons. The molecule has 1 aromatic rings. The molecule has 0 bridgehead atoms. The summed E-state index contributed by atoms with van der Waals surface area (Å²) >= 11 is 0. The first-order valence-corrected chi connectivity index (χ1v) is 5.70. The molecule has 1 aliphatic rings. The normalized spacial score (nSPS) is 17.4. The third kappa shape index (κ3) is 4.76. The number of phenols is 1. The van der Waals surface area contributed by atoms with Crippen molar-refractivity contribution in [2.75, 3.05) is 26.2 Å². The van der Waals surface area contributed by atoms with Gasteiger partial charge in [-0.25, -0.2) is 8.78 Å². The lowest BCUT2D eigenvalue weighted by molar-refractivity contribution is 0.0181. The predicted octanol–water partition coefficient (Wildman–Crippen LogP) is 2.45. The molecule has 1 aromatic carbocycles. The van der Waals surface area contributed by atoms with Gasteiger partial charge in [0.1, 0.15) is 5.75 Å². The van der Waals surface area contributed by atoms with Gasteiger partial charge in [-0.2, -0.15) is 0 Å². The van der Waals surface area contributed by atoms with Crippen LogP contribution in [-0.2, 0) is 0 Å². The van der Waals surface area contributed by atoms with E-state index < -0.39 is 12.5 Å². The van der Waals surface area contributed by atoms with E-state index in [1.54, 1.807) is 17.0 Å². The van der Waals surface area contributed by atoms with E-state index in [1.165, 1.54) is 12.1 Å². The first kappa shape index (κ1) is 18.4. The van der Waals surface area contributed by atoms with Crippen molar-refractivity contribution in [1.82, 2.24) is 10.2 Å². The molecule has 1 heterocycles. The van der Waals surface area contributed by atoms with Crippen LogP contribution in [0.3, 0.4) is 0 Å². The van der Waals surface area contributed by atoms with Crippen molar-refractivity contribution in [1.29, 1.82) is 0 Å². The Balaban J connectivity index is 0.00000162. The van der Waals surface area contributed by atoms with Crippen LogP contribution in [0.5, 0.6) is 5.75 Å². The molecule has 0 aromatic heterocycles. The lowest BCUT2D eigenvalue weighted by Crippen LogP contribution is -2.46. The van der Waals surface area contributed by atoms with Gasteiger partial charge < -0.3 is 10.4 Å². The number of benzene rings is 1. The second-order valence-electron chi connectivity index (χ2n) is 4.16. The molecule has 0 aliphatic carbocycles. The zero-order chi connectivity index (χ0) is 12.3. The van der Waals surface area contributed by atoms with Crippen molar-refractivity contribution in [3.63, 3.8) is 0 Å². The zero-order valence-electron chi connectivity index (χ0n) is 10.3. The summed E-state index contributed by atoms with van der Waals surface area (Å²) in [6, 6.07) is 5.15. The predicted molar refractivity (Wildman–Crippen MR) is 75.8 cm³/mol. The largest absolute Gasteiger partial charge is 0.508 e. The fourth-order valence-electron chi connectivity index (χ4n) is 2.15. The van der Waals surface area contributed by atoms with Gasteiger partial charge in [-0.1, -0.05) is 12.1 Å². The number of aromatic hydroxyl groups is 1. The summed E-state index contributed by atoms with van der Waals surface area (Å²) in [4.78, 5) is 1.79. The van der Waals surface area contributed by atoms with E-state index in [0.29, 0.717) is 18.7 Å². The molecular formula is C12H18Cl2F2N2O. The molecule has 0 spiro atoms. The Kier molecular flexibility index (Phi) is 8.25. The Bertz CT molecular complexity index is 359. The fraction of sp³-hybridized carbons (Fsp3) is 0.500. The summed E-state index contributed by atoms with van der Waals surface area (Å²) in [7, 11) is 0. The van der Waals surface area contributed by atoms with E-state index >= 15 is 0 Å². The van der Waals surface area contributed by atoms with E-state index in [-0.39, 0.29) is 30.6 Å². The Morgan fingerprint density at radius 2 is 1.58 bits per heavy atom. The van der Waals surface area contributed by atoms with E-state index in [4.69, 9.17) is 0 Å². The van der Waals surface area contributed by atoms with Gasteiger partial charge in [0.2, 0.25) is 0 Å². The highest BCUT2D eigenvalue weighted by molar-refractivity contribution is 5.85. The van der Waals surface area contributed by atoms with Gasteiger partial charge in [-0.05, 0) is 17.7 Å². The minimum absolute atomic E-state index is 0. The van der Waals surface area contributed by atoms with Crippen LogP contribution in [-0.4, -0.2) is 42.6 Å². The second kappa shape index (κ2) is 8.53. The molecule has 2 rings (SSSR count). The van der Waals surface area contributed by atoms with Crippen molar-refractivity contribution >= 4 is 24.8 Å². The molecule has 1 aliphatic heterocycles. The summed E-state index contributed by atoms with van der Waals surface area (Å²) in [5, 5.41) is 12.3. The van der Waals surface area contributed by atoms with Crippen LogP contribution < -0.4 is 5.32 Å². The highest BCUT2D eigenvalue weighted by Gasteiger charge is 2.29. The van der Waals surface area contributed by atoms with Crippen molar-refractivity contribution in [3.8, 4) is 5.75 Å². The molecule has 1 atom stereocenters. The van der Waals surface area contributed by atoms with Gasteiger partial charge in [0.05, 0.1) is 6.04 Å². The number of halogens is 4. The van der Waals surface area contributed by atoms with Gasteiger partial charge in [-0.15, -0.1) is 24.8 Å². The standard InChI is InChI=1S/C12H16F2N2O.2ClH/c13-12(14)11(16-7-5-15-6-8-16)9-1-3-10(17)4-2-9;;/h1-4,11-12,15,17H,5-8H2;2*1H/t11-;;/m0../s1. The van der Waals surface area contributed by atoms with Crippen LogP contribution in [0, 0.1) is 0 Å². The molecule has 3 nitrogen and oxygen atoms in total. The number of rotatable bonds is 3. The van der Waals surface area contributed by atoms with Gasteiger partial charge in [0.15, 0.2) is 0 Å². The Morgan fingerprint density at radius 1 is 1.05 bits per heavy atom. The molecule has 0 unspecified atom stereocenters. The Morgan fingerprint density at radius 3 is 2.05 bits per heavy atom. The van der Waals surface area contributed by atoms with Crippen LogP contribution in [0.15, 0.2) is 24.3 Å². The summed E-state index contributed by atoms with van der Waals surface area (Å²) < 4.78 is 26.3. The maximum absolute atomic E-state index is 13.1. The summed E-state index contributed by atoms with van der Waals surface area (Å²) in [5.41, 5.74) is 0.555. The van der Waals surface area contributed by atoms with E-state index in [0.717, 1.165) is 13.1 Å². The van der Waals surface area contributed by atoms with Gasteiger partial charge >= 0.3 is 0 Å². The van der Waals surface area contributed by atoms with E-state index in [2.05, 4.69) is 5.32 Å². The van der Waals surface area contributed by atoms with Gasteiger partial charge in [0, 0.05) is 26.2 Å². The molecular weight excluding hydrogens is 297 g/mol. The Hall–Kier alpha value is -0.620. The van der Waals surface area contributed by atoms with Crippen LogP contribution in [0.25, 0.3) is 0 Å². The van der Waals surface area contributed by atoms with Crippen molar-refractivity contribution in [2.45, 2.75) is 12.5 Å². The minimum atomic E-state index is -2.42. The van der Waals surface area contributed by atoms with Crippen molar-refractivity contribution in [3.05, 3.63) is 29.8 Å². The first-order chi connectivity index (χ1) is 8.18. The van der Waals surface area contributed by atoms with Crippen molar-refractivity contribution in [2.24, 2.45) is 0 Å². The number of hydrogen-bond donors (Lipinski definition) is 2. The molecule has 1 fully saturated rings. The highest BCUT2D eigenvalue weighted by atomic mass is 35.5. The van der Waals surface area contributed by atoms with Crippen LogP contribution in [0.1, 0.15) is 11.6 Å². The number of piperazine rings is 1. The van der Waals surface area contributed by atoms with E-state index in [1.807, 2.05) is 0 Å². The smallest absolute Gasteiger partial charge is 0.258 e. The van der Waals surface area contributed by atoms with Crippen LogP contribution >= 0.6 is 24.8 Å². The molecule has 0 amide bonds. The van der Waals surface area contributed by atoms with Crippen molar-refractivity contribution < 1.29 is 13.9 Å². The topological polar surface area (TPSA) is 35.5 Å². The first-order valence-electron chi connectivity index (χ1n) is 5.70. The second-order valence-corrected chi connectivity index (χ2v) is 4.16. The van der Waals surface area contributed by atoms with Crippen LogP contribution in [0.2, 0.25) is 0 Å². The molecule has 19 heavy (non-hydrogen) atoms. The lowest BCUT2D eigenvalue weighted by atomic mass is 10.0. The molecule has 7 heteroatoms. The average Bonchev–Trinajstić information content (AvgIpc) is 2.33. The number of hydrogen-bond acceptors (Lipinski definition) is 3. The monoisotopic (exact) mass is 314 g/mol. The van der Waals surface area contributed by atoms with Crippen LogP contribution in [0.4, 0.5) is 8.78 Å². The lowest BCUT2D eigenvalue weighted by Gasteiger charge is -2.34. The minimum Gasteiger partial charge on any atom is -0.508 e. The third-order valence-corrected chi connectivity index (χ3v) is 3.02. The molecule has 2 N–H and O–H groups in total. The third-order valence-electron chi connectivity index (χ3n) is 3.02. The average molecular weight is 315 g/mol. The fourth-order valence-corrected chi connectivity index (χ4v) is 2.15. The number of nitrogens with zero attached hydrogens (tertiary/aromatic N) is 1. The number of nitrogens with one attached hydrogen (secondary N) is 1. The zero-order valence-corrected chi connectivity index (χ0v) is 11.9.